The van der Waals surface area contributed by atoms with Crippen LogP contribution in [-0.4, -0.2) is 56.7 Å². The summed E-state index contributed by atoms with van der Waals surface area (Å²) in [4.78, 5) is 12.2. The molecule has 1 aliphatic heterocycles. The normalized spacial score (nSPS) is 16.0. The van der Waals surface area contributed by atoms with Crippen LogP contribution in [0, 0.1) is 13.8 Å². The van der Waals surface area contributed by atoms with Gasteiger partial charge in [0, 0.05) is 18.0 Å². The van der Waals surface area contributed by atoms with Gasteiger partial charge in [-0.25, -0.2) is 13.2 Å². The molecule has 0 saturated carbocycles. The van der Waals surface area contributed by atoms with E-state index in [-0.39, 0.29) is 33.5 Å². The summed E-state index contributed by atoms with van der Waals surface area (Å²) in [5.74, 6) is -1.19. The lowest BCUT2D eigenvalue weighted by atomic mass is 10.0. The number of aliphatic carboxylic acids is 1. The van der Waals surface area contributed by atoms with Gasteiger partial charge in [-0.2, -0.15) is 13.1 Å². The van der Waals surface area contributed by atoms with E-state index in [1.165, 1.54) is 34.6 Å². The van der Waals surface area contributed by atoms with Crippen LogP contribution >= 0.6 is 11.3 Å². The second-order valence-electron chi connectivity index (χ2n) is 6.86. The maximum absolute atomic E-state index is 12.8. The highest BCUT2D eigenvalue weighted by atomic mass is 32.2. The van der Waals surface area contributed by atoms with Gasteiger partial charge in [-0.1, -0.05) is 0 Å². The van der Waals surface area contributed by atoms with Crippen molar-refractivity contribution in [2.24, 2.45) is 0 Å². The summed E-state index contributed by atoms with van der Waals surface area (Å²) in [6.45, 7) is 1.29. The summed E-state index contributed by atoms with van der Waals surface area (Å²) in [7, 11) is -3.74. The number of benzene rings is 1. The van der Waals surface area contributed by atoms with Crippen LogP contribution in [0.4, 0.5) is 8.78 Å². The van der Waals surface area contributed by atoms with Crippen LogP contribution in [0.5, 0.6) is 5.75 Å². The predicted octanol–water partition coefficient (Wildman–Crippen LogP) is 3.61. The van der Waals surface area contributed by atoms with E-state index in [9.17, 15) is 27.1 Å². The maximum atomic E-state index is 12.8. The van der Waals surface area contributed by atoms with Crippen molar-refractivity contribution < 1.29 is 36.6 Å². The summed E-state index contributed by atoms with van der Waals surface area (Å²) < 4.78 is 61.8. The van der Waals surface area contributed by atoms with E-state index in [2.05, 4.69) is 4.74 Å². The minimum atomic E-state index is -3.74. The lowest BCUT2D eigenvalue weighted by Gasteiger charge is -2.25. The number of rotatable bonds is 7. The number of nitrogens with zero attached hydrogens (tertiary/aromatic N) is 1. The van der Waals surface area contributed by atoms with E-state index >= 15 is 0 Å². The Morgan fingerprint density at radius 2 is 1.84 bits per heavy atom. The Bertz CT molecular complexity index is 1080. The molecule has 0 atom stereocenters. The molecule has 2 aromatic rings. The summed E-state index contributed by atoms with van der Waals surface area (Å²) in [6, 6.07) is 5.91. The van der Waals surface area contributed by atoms with Gasteiger partial charge in [-0.05, 0) is 60.9 Å². The number of carboxylic acid groups (broad SMARTS) is 1. The first-order valence-electron chi connectivity index (χ1n) is 9.28. The number of sulfonamides is 1. The molecule has 11 heteroatoms. The van der Waals surface area contributed by atoms with Crippen molar-refractivity contribution in [1.82, 2.24) is 4.31 Å². The van der Waals surface area contributed by atoms with Crippen molar-refractivity contribution in [2.45, 2.75) is 24.7 Å². The van der Waals surface area contributed by atoms with Gasteiger partial charge in [0.2, 0.25) is 0 Å². The molecule has 3 rings (SSSR count). The van der Waals surface area contributed by atoms with Gasteiger partial charge in [-0.15, -0.1) is 11.3 Å². The number of hydrogen-bond donors (Lipinski definition) is 1. The van der Waals surface area contributed by atoms with Crippen LogP contribution in [0.1, 0.15) is 21.6 Å². The Hall–Kier alpha value is -2.34. The summed E-state index contributed by atoms with van der Waals surface area (Å²) in [5.41, 5.74) is 1.23. The third-order valence-corrected chi connectivity index (χ3v) is 8.13. The monoisotopic (exact) mass is 473 g/mol. The van der Waals surface area contributed by atoms with Crippen LogP contribution in [0.25, 0.3) is 11.6 Å². The number of hydrogen-bond acceptors (Lipinski definition) is 6. The van der Waals surface area contributed by atoms with E-state index in [1.807, 2.05) is 0 Å². The number of carboxylic acids is 1. The minimum Gasteiger partial charge on any atom is -0.478 e. The number of thiophene rings is 1. The molecule has 1 aromatic carbocycles. The van der Waals surface area contributed by atoms with Crippen molar-refractivity contribution in [3.63, 3.8) is 0 Å². The highest BCUT2D eigenvalue weighted by molar-refractivity contribution is 7.91. The molecule has 1 aromatic heterocycles. The number of alkyl halides is 2. The van der Waals surface area contributed by atoms with E-state index < -0.39 is 22.6 Å². The smallest absolute Gasteiger partial charge is 0.387 e. The molecule has 1 N–H and O–H groups in total. The Labute approximate surface area is 182 Å². The summed E-state index contributed by atoms with van der Waals surface area (Å²) in [6.07, 6.45) is 1.38. The Balaban J connectivity index is 1.95. The topological polar surface area (TPSA) is 93.1 Å². The van der Waals surface area contributed by atoms with Crippen LogP contribution in [0.3, 0.4) is 0 Å². The number of carbonyl (C=O) groups is 1. The van der Waals surface area contributed by atoms with E-state index in [1.54, 1.807) is 13.8 Å². The van der Waals surface area contributed by atoms with Crippen LogP contribution in [-0.2, 0) is 19.6 Å². The first-order chi connectivity index (χ1) is 14.6. The van der Waals surface area contributed by atoms with E-state index in [4.69, 9.17) is 4.74 Å². The number of ether oxygens (including phenoxy) is 2. The third-order valence-electron chi connectivity index (χ3n) is 4.64. The van der Waals surface area contributed by atoms with Crippen molar-refractivity contribution in [2.75, 3.05) is 26.3 Å². The molecular weight excluding hydrogens is 452 g/mol. The van der Waals surface area contributed by atoms with Gasteiger partial charge in [-0.3, -0.25) is 0 Å². The van der Waals surface area contributed by atoms with Gasteiger partial charge in [0.15, 0.2) is 0 Å². The number of morpholine rings is 1. The fourth-order valence-electron chi connectivity index (χ4n) is 3.26. The SMILES string of the molecule is Cc1cc(C=C(C(=O)O)c2ccc(S(=O)(=O)N3CCOCC3)s2)cc(C)c1OC(F)F. The first-order valence-corrected chi connectivity index (χ1v) is 11.5. The molecule has 7 nitrogen and oxygen atoms in total. The molecule has 1 fully saturated rings. The zero-order valence-corrected chi connectivity index (χ0v) is 18.4. The van der Waals surface area contributed by atoms with E-state index in [0.717, 1.165) is 11.3 Å². The summed E-state index contributed by atoms with van der Waals surface area (Å²) >= 11 is 0.866. The minimum absolute atomic E-state index is 0.0408. The molecule has 0 spiro atoms. The molecule has 168 valence electrons. The fraction of sp³-hybridized carbons (Fsp3) is 0.350. The molecule has 31 heavy (non-hydrogen) atoms. The van der Waals surface area contributed by atoms with Crippen molar-refractivity contribution >= 4 is 39.0 Å². The number of aryl methyl sites for hydroxylation is 2. The predicted molar refractivity (Wildman–Crippen MR) is 112 cm³/mol. The quantitative estimate of drug-likeness (QED) is 0.618. The molecule has 0 radical (unpaired) electrons. The second-order valence-corrected chi connectivity index (χ2v) is 10.1. The molecule has 2 heterocycles. The average Bonchev–Trinajstić information content (AvgIpc) is 3.20. The van der Waals surface area contributed by atoms with Crippen molar-refractivity contribution in [3.8, 4) is 5.75 Å². The number of halogens is 2. The van der Waals surface area contributed by atoms with Crippen LogP contribution < -0.4 is 4.74 Å². The molecular formula is C20H21F2NO6S2. The highest BCUT2D eigenvalue weighted by Crippen LogP contribution is 2.33. The zero-order chi connectivity index (χ0) is 22.8. The second kappa shape index (κ2) is 9.43. The molecule has 1 saturated heterocycles. The lowest BCUT2D eigenvalue weighted by Crippen LogP contribution is -2.40. The van der Waals surface area contributed by atoms with Gasteiger partial charge in [0.25, 0.3) is 10.0 Å². The lowest BCUT2D eigenvalue weighted by molar-refractivity contribution is -0.130. The van der Waals surface area contributed by atoms with Gasteiger partial charge >= 0.3 is 12.6 Å². The van der Waals surface area contributed by atoms with Crippen LogP contribution in [0.2, 0.25) is 0 Å². The molecule has 0 aliphatic carbocycles. The van der Waals surface area contributed by atoms with Gasteiger partial charge in [0.05, 0.1) is 18.8 Å². The standard InChI is InChI=1S/C20H21F2NO6S2/c1-12-9-14(10-13(2)18(12)29-20(21)22)11-15(19(24)25)16-3-4-17(30-16)31(26,27)23-5-7-28-8-6-23/h3-4,9-11,20H,5-8H2,1-2H3,(H,24,25). The van der Waals surface area contributed by atoms with Gasteiger partial charge in [0.1, 0.15) is 9.96 Å². The van der Waals surface area contributed by atoms with E-state index in [0.29, 0.717) is 29.9 Å². The molecule has 1 aliphatic rings. The first kappa shape index (κ1) is 23.3. The molecule has 0 bridgehead atoms. The highest BCUT2D eigenvalue weighted by Gasteiger charge is 2.28. The average molecular weight is 474 g/mol. The fourth-order valence-corrected chi connectivity index (χ4v) is 6.14. The van der Waals surface area contributed by atoms with Crippen molar-refractivity contribution in [1.29, 1.82) is 0 Å². The molecule has 0 unspecified atom stereocenters. The third kappa shape index (κ3) is 5.29. The van der Waals surface area contributed by atoms with Crippen molar-refractivity contribution in [3.05, 3.63) is 45.8 Å². The Morgan fingerprint density at radius 3 is 2.39 bits per heavy atom. The largest absolute Gasteiger partial charge is 0.478 e. The Kier molecular flexibility index (Phi) is 7.10. The van der Waals surface area contributed by atoms with Crippen LogP contribution in [0.15, 0.2) is 28.5 Å². The maximum Gasteiger partial charge on any atom is 0.387 e. The van der Waals surface area contributed by atoms with Gasteiger partial charge < -0.3 is 14.6 Å². The summed E-state index contributed by atoms with van der Waals surface area (Å²) in [5, 5.41) is 9.70. The zero-order valence-electron chi connectivity index (χ0n) is 16.8. The molecule has 0 amide bonds. The Morgan fingerprint density at radius 1 is 1.23 bits per heavy atom.